The molecule has 0 aliphatic carbocycles. The lowest BCUT2D eigenvalue weighted by atomic mass is 11.1. The van der Waals surface area contributed by atoms with Gasteiger partial charge in [0.15, 0.2) is 0 Å². The van der Waals surface area contributed by atoms with Gasteiger partial charge >= 0.3 is 5.37 Å². The summed E-state index contributed by atoms with van der Waals surface area (Å²) in [5.74, 6) is 0. The van der Waals surface area contributed by atoms with Crippen molar-refractivity contribution in [1.29, 1.82) is 0 Å². The van der Waals surface area contributed by atoms with Crippen molar-refractivity contribution in [1.82, 2.24) is 0 Å². The molecule has 3 heteroatoms. The molecule has 2 nitrogen and oxygen atoms in total. The zero-order chi connectivity index (χ0) is 5.15. The lowest BCUT2D eigenvalue weighted by Crippen LogP contribution is -2.02. The summed E-state index contributed by atoms with van der Waals surface area (Å²) in [4.78, 5) is 9.77. The van der Waals surface area contributed by atoms with Crippen molar-refractivity contribution < 1.29 is 9.37 Å². The Morgan fingerprint density at radius 2 is 2.17 bits per heavy atom. The highest BCUT2D eigenvalue weighted by atomic mass is 35.5. The molecule has 0 aromatic rings. The minimum Gasteiger partial charge on any atom is -0.201 e. The molecule has 6 heavy (non-hydrogen) atoms. The maximum absolute atomic E-state index is 9.77. The molecule has 0 saturated heterocycles. The van der Waals surface area contributed by atoms with Crippen LogP contribution in [0.3, 0.4) is 0 Å². The standard InChI is InChI=1S/C3H5ClNO/c1-5(2)3(4)6/h1H2,2H3/q+1. The van der Waals surface area contributed by atoms with Crippen LogP contribution in [0.25, 0.3) is 0 Å². The van der Waals surface area contributed by atoms with E-state index >= 15 is 0 Å². The van der Waals surface area contributed by atoms with Crippen LogP contribution in [-0.2, 0) is 0 Å². The smallest absolute Gasteiger partial charge is 0.201 e. The zero-order valence-electron chi connectivity index (χ0n) is 3.44. The van der Waals surface area contributed by atoms with Gasteiger partial charge in [-0.15, -0.1) is 0 Å². The van der Waals surface area contributed by atoms with Crippen molar-refractivity contribution in [3.63, 3.8) is 0 Å². The Kier molecular flexibility index (Phi) is 1.81. The van der Waals surface area contributed by atoms with Crippen molar-refractivity contribution in [2.75, 3.05) is 7.05 Å². The summed E-state index contributed by atoms with van der Waals surface area (Å²) in [6, 6.07) is 0. The molecular weight excluding hydrogens is 101 g/mol. The van der Waals surface area contributed by atoms with Crippen molar-refractivity contribution in [2.45, 2.75) is 0 Å². The first-order valence-electron chi connectivity index (χ1n) is 1.38. The van der Waals surface area contributed by atoms with Gasteiger partial charge < -0.3 is 0 Å². The summed E-state index contributed by atoms with van der Waals surface area (Å²) in [6.07, 6.45) is 0. The molecule has 0 aliphatic rings. The molecule has 0 spiro atoms. The Labute approximate surface area is 41.0 Å². The summed E-state index contributed by atoms with van der Waals surface area (Å²) in [7, 11) is 1.48. The number of rotatable bonds is 0. The van der Waals surface area contributed by atoms with Crippen LogP contribution in [0.4, 0.5) is 4.79 Å². The fourth-order valence-electron chi connectivity index (χ4n) is 0. The van der Waals surface area contributed by atoms with Gasteiger partial charge in [0.1, 0.15) is 13.8 Å². The quantitative estimate of drug-likeness (QED) is 0.193. The second-order valence-electron chi connectivity index (χ2n) is 0.951. The second kappa shape index (κ2) is 1.92. The molecule has 0 heterocycles. The fraction of sp³-hybridized carbons (Fsp3) is 0.333. The second-order valence-corrected chi connectivity index (χ2v) is 1.27. The predicted octanol–water partition coefficient (Wildman–Crippen LogP) is 0.688. The zero-order valence-corrected chi connectivity index (χ0v) is 4.20. The summed E-state index contributed by atoms with van der Waals surface area (Å²) in [6.45, 7) is 3.19. The molecule has 0 bridgehead atoms. The molecular formula is C3H5ClNO+. The van der Waals surface area contributed by atoms with Crippen LogP contribution < -0.4 is 0 Å². The number of halogens is 1. The first kappa shape index (κ1) is 5.63. The lowest BCUT2D eigenvalue weighted by molar-refractivity contribution is -0.371. The van der Waals surface area contributed by atoms with Gasteiger partial charge in [0, 0.05) is 11.6 Å². The van der Waals surface area contributed by atoms with Gasteiger partial charge in [-0.3, -0.25) is 0 Å². The molecule has 0 fully saturated rings. The molecule has 0 unspecified atom stereocenters. The van der Waals surface area contributed by atoms with Crippen LogP contribution in [0.1, 0.15) is 0 Å². The van der Waals surface area contributed by atoms with Crippen LogP contribution in [0, 0.1) is 0 Å². The Morgan fingerprint density at radius 1 is 2.00 bits per heavy atom. The van der Waals surface area contributed by atoms with Crippen LogP contribution >= 0.6 is 11.6 Å². The van der Waals surface area contributed by atoms with Gasteiger partial charge in [0.05, 0.1) is 0 Å². The van der Waals surface area contributed by atoms with Gasteiger partial charge in [0.25, 0.3) is 0 Å². The maximum atomic E-state index is 9.77. The average molecular weight is 107 g/mol. The maximum Gasteiger partial charge on any atom is 0.485 e. The van der Waals surface area contributed by atoms with Crippen molar-refractivity contribution in [3.05, 3.63) is 0 Å². The Hall–Kier alpha value is -0.370. The van der Waals surface area contributed by atoms with Crippen molar-refractivity contribution in [2.24, 2.45) is 0 Å². The van der Waals surface area contributed by atoms with E-state index in [0.717, 1.165) is 4.58 Å². The third kappa shape index (κ3) is 1.91. The van der Waals surface area contributed by atoms with E-state index < -0.39 is 5.37 Å². The molecule has 0 aromatic heterocycles. The number of hydrogen-bond donors (Lipinski definition) is 0. The minimum absolute atomic E-state index is 0.546. The monoisotopic (exact) mass is 106 g/mol. The predicted molar refractivity (Wildman–Crippen MR) is 24.6 cm³/mol. The number of nitrogens with zero attached hydrogens (tertiary/aromatic N) is 1. The number of amides is 1. The van der Waals surface area contributed by atoms with E-state index in [9.17, 15) is 4.79 Å². The van der Waals surface area contributed by atoms with Crippen molar-refractivity contribution in [3.8, 4) is 0 Å². The molecule has 0 rings (SSSR count). The SMILES string of the molecule is C=[N+](C)C(=O)Cl. The summed E-state index contributed by atoms with van der Waals surface area (Å²) in [5.41, 5.74) is 0. The van der Waals surface area contributed by atoms with Gasteiger partial charge in [-0.2, -0.15) is 4.58 Å². The number of hydrogen-bond acceptors (Lipinski definition) is 1. The number of carbonyl (C=O) groups is 1. The highest BCUT2D eigenvalue weighted by Gasteiger charge is 1.98. The number of carbonyl (C=O) groups excluding carboxylic acids is 1. The first-order valence-corrected chi connectivity index (χ1v) is 1.76. The van der Waals surface area contributed by atoms with E-state index in [4.69, 9.17) is 11.6 Å². The molecule has 1 amide bonds. The first-order chi connectivity index (χ1) is 2.64. The van der Waals surface area contributed by atoms with Gasteiger partial charge in [-0.25, -0.2) is 4.79 Å². The largest absolute Gasteiger partial charge is 0.485 e. The topological polar surface area (TPSA) is 20.1 Å². The Balaban J connectivity index is 3.57. The molecule has 0 saturated carbocycles. The third-order valence-corrected chi connectivity index (χ3v) is 0.589. The summed E-state index contributed by atoms with van der Waals surface area (Å²) < 4.78 is 1.04. The third-order valence-electron chi connectivity index (χ3n) is 0.300. The van der Waals surface area contributed by atoms with E-state index in [1.165, 1.54) is 7.05 Å². The van der Waals surface area contributed by atoms with Gasteiger partial charge in [0.2, 0.25) is 0 Å². The highest BCUT2D eigenvalue weighted by Crippen LogP contribution is 1.77. The van der Waals surface area contributed by atoms with Gasteiger partial charge in [-0.1, -0.05) is 0 Å². The van der Waals surface area contributed by atoms with Crippen molar-refractivity contribution >= 4 is 23.7 Å². The molecule has 0 atom stereocenters. The van der Waals surface area contributed by atoms with Crippen LogP contribution in [0.2, 0.25) is 0 Å². The van der Waals surface area contributed by atoms with E-state index in [2.05, 4.69) is 6.72 Å². The average Bonchev–Trinajstić information content (AvgIpc) is 1.36. The van der Waals surface area contributed by atoms with Crippen LogP contribution in [-0.4, -0.2) is 23.7 Å². The van der Waals surface area contributed by atoms with E-state index in [1.807, 2.05) is 0 Å². The van der Waals surface area contributed by atoms with Crippen LogP contribution in [0.15, 0.2) is 0 Å². The normalized spacial score (nSPS) is 7.67. The Morgan fingerprint density at radius 3 is 2.17 bits per heavy atom. The summed E-state index contributed by atoms with van der Waals surface area (Å²) in [5, 5.41) is -0.546. The van der Waals surface area contributed by atoms with E-state index in [1.54, 1.807) is 0 Å². The fourth-order valence-corrected chi connectivity index (χ4v) is 0. The molecule has 0 N–H and O–H groups in total. The molecule has 34 valence electrons. The molecule has 0 aromatic carbocycles. The minimum atomic E-state index is -0.546. The highest BCUT2D eigenvalue weighted by molar-refractivity contribution is 6.60. The molecule has 0 aliphatic heterocycles. The van der Waals surface area contributed by atoms with E-state index in [-0.39, 0.29) is 0 Å². The van der Waals surface area contributed by atoms with E-state index in [0.29, 0.717) is 0 Å². The Bertz CT molecular complexity index is 76.8. The lowest BCUT2D eigenvalue weighted by Gasteiger charge is -1.73. The molecule has 0 radical (unpaired) electrons. The summed E-state index contributed by atoms with van der Waals surface area (Å²) >= 11 is 4.84. The van der Waals surface area contributed by atoms with Gasteiger partial charge in [-0.05, 0) is 0 Å². The van der Waals surface area contributed by atoms with Crippen LogP contribution in [0.5, 0.6) is 0 Å².